The second kappa shape index (κ2) is 5.20. The Morgan fingerprint density at radius 3 is 2.76 bits per heavy atom. The van der Waals surface area contributed by atoms with Crippen LogP contribution in [0, 0.1) is 5.41 Å². The first kappa shape index (κ1) is 14.2. The fourth-order valence-corrected chi connectivity index (χ4v) is 4.06. The van der Waals surface area contributed by atoms with Gasteiger partial charge in [0.2, 0.25) is 0 Å². The number of hydrogen-bond donors (Lipinski definition) is 2. The van der Waals surface area contributed by atoms with E-state index >= 15 is 0 Å². The maximum Gasteiger partial charge on any atom is 0.314 e. The Kier molecular flexibility index (Phi) is 3.51. The number of aliphatic hydroxyl groups excluding tert-OH is 1. The number of carbonyl (C=O) groups is 2. The minimum atomic E-state index is -1.24. The molecule has 2 atom stereocenters. The van der Waals surface area contributed by atoms with Crippen LogP contribution in [0.5, 0.6) is 0 Å². The van der Waals surface area contributed by atoms with Gasteiger partial charge in [-0.2, -0.15) is 0 Å². The molecule has 0 saturated carbocycles. The minimum absolute atomic E-state index is 0.0709. The molecule has 0 aromatic heterocycles. The molecule has 3 rings (SSSR count). The number of fused-ring (bicyclic) bond motifs is 1. The molecule has 2 aliphatic heterocycles. The average Bonchev–Trinajstić information content (AvgIpc) is 2.52. The summed E-state index contributed by atoms with van der Waals surface area (Å²) in [6.45, 7) is -0.384. The normalized spacial score (nSPS) is 30.0. The molecule has 2 aliphatic rings. The van der Waals surface area contributed by atoms with Crippen LogP contribution in [0.1, 0.15) is 5.56 Å². The molecule has 6 heteroatoms. The van der Waals surface area contributed by atoms with E-state index in [1.54, 1.807) is 0 Å². The molecule has 0 radical (unpaired) electrons. The third kappa shape index (κ3) is 2.24. The van der Waals surface area contributed by atoms with Crippen LogP contribution in [0.4, 0.5) is 0 Å². The Morgan fingerprint density at radius 2 is 2.14 bits per heavy atom. The zero-order valence-electron chi connectivity index (χ0n) is 11.2. The Hall–Kier alpha value is -1.79. The van der Waals surface area contributed by atoms with Crippen LogP contribution in [-0.4, -0.2) is 51.3 Å². The summed E-state index contributed by atoms with van der Waals surface area (Å²) in [5.41, 5.74) is 0.413. The number of carboxylic acids is 1. The van der Waals surface area contributed by atoms with Crippen molar-refractivity contribution in [1.82, 2.24) is 4.90 Å². The molecule has 2 fully saturated rings. The largest absolute Gasteiger partial charge is 0.481 e. The summed E-state index contributed by atoms with van der Waals surface area (Å²) in [5, 5.41) is 18.6. The molecule has 0 bridgehead atoms. The number of hydrogen-bond acceptors (Lipinski definition) is 4. The smallest absolute Gasteiger partial charge is 0.314 e. The molecule has 1 amide bonds. The first-order valence-corrected chi connectivity index (χ1v) is 7.66. The maximum atomic E-state index is 12.2. The summed E-state index contributed by atoms with van der Waals surface area (Å²) in [6.07, 6.45) is 1.85. The Balaban J connectivity index is 1.81. The lowest BCUT2D eigenvalue weighted by molar-refractivity contribution is -0.154. The SMILES string of the molecule is O=C1C(=Cc2ccccc2)[C@H]2SCC(CO)(C(=O)O)CN12. The van der Waals surface area contributed by atoms with Crippen LogP contribution in [0.25, 0.3) is 6.08 Å². The van der Waals surface area contributed by atoms with Gasteiger partial charge in [0.15, 0.2) is 0 Å². The van der Waals surface area contributed by atoms with E-state index in [9.17, 15) is 19.8 Å². The highest BCUT2D eigenvalue weighted by Crippen LogP contribution is 2.45. The van der Waals surface area contributed by atoms with Gasteiger partial charge >= 0.3 is 5.97 Å². The van der Waals surface area contributed by atoms with Gasteiger partial charge < -0.3 is 15.1 Å². The van der Waals surface area contributed by atoms with Gasteiger partial charge in [0.25, 0.3) is 5.91 Å². The number of nitrogens with zero attached hydrogens (tertiary/aromatic N) is 1. The fourth-order valence-electron chi connectivity index (χ4n) is 2.58. The van der Waals surface area contributed by atoms with Crippen LogP contribution in [0.2, 0.25) is 0 Å². The number of aliphatic hydroxyl groups is 1. The van der Waals surface area contributed by atoms with Crippen molar-refractivity contribution in [3.05, 3.63) is 41.5 Å². The zero-order valence-corrected chi connectivity index (χ0v) is 12.0. The van der Waals surface area contributed by atoms with Crippen molar-refractivity contribution in [2.45, 2.75) is 5.37 Å². The third-order valence-corrected chi connectivity index (χ3v) is 5.47. The van der Waals surface area contributed by atoms with Gasteiger partial charge in [0, 0.05) is 12.3 Å². The quantitative estimate of drug-likeness (QED) is 0.645. The standard InChI is InChI=1S/C15H15NO4S/c17-8-15(14(19)20)7-16-12(18)11(13(16)21-9-15)6-10-4-2-1-3-5-10/h1-6,13,17H,7-9H2,(H,19,20)/t13-,15?/m1/s1. The fraction of sp³-hybridized carbons (Fsp3) is 0.333. The van der Waals surface area contributed by atoms with Crippen LogP contribution < -0.4 is 0 Å². The number of carboxylic acid groups (broad SMARTS) is 1. The topological polar surface area (TPSA) is 77.8 Å². The molecule has 2 N–H and O–H groups in total. The van der Waals surface area contributed by atoms with Crippen LogP contribution in [0.3, 0.4) is 0 Å². The molecular weight excluding hydrogens is 290 g/mol. The summed E-state index contributed by atoms with van der Waals surface area (Å²) in [4.78, 5) is 25.1. The number of amides is 1. The Morgan fingerprint density at radius 1 is 1.43 bits per heavy atom. The van der Waals surface area contributed by atoms with Crippen LogP contribution in [0.15, 0.2) is 35.9 Å². The summed E-state index contributed by atoms with van der Waals surface area (Å²) < 4.78 is 0. The molecule has 2 heterocycles. The van der Waals surface area contributed by atoms with Gasteiger partial charge in [-0.15, -0.1) is 11.8 Å². The molecule has 21 heavy (non-hydrogen) atoms. The van der Waals surface area contributed by atoms with E-state index < -0.39 is 18.0 Å². The van der Waals surface area contributed by atoms with Crippen molar-refractivity contribution >= 4 is 29.7 Å². The number of β-lactam (4-membered cyclic amide) rings is 1. The van der Waals surface area contributed by atoms with Crippen molar-refractivity contribution in [2.24, 2.45) is 5.41 Å². The summed E-state index contributed by atoms with van der Waals surface area (Å²) in [6, 6.07) is 9.57. The number of thioether (sulfide) groups is 1. The number of carbonyl (C=O) groups excluding carboxylic acids is 1. The second-order valence-electron chi connectivity index (χ2n) is 5.35. The van der Waals surface area contributed by atoms with Gasteiger partial charge in [0.05, 0.1) is 12.2 Å². The van der Waals surface area contributed by atoms with E-state index in [4.69, 9.17) is 0 Å². The highest BCUT2D eigenvalue weighted by atomic mass is 32.2. The van der Waals surface area contributed by atoms with Crippen LogP contribution in [-0.2, 0) is 9.59 Å². The van der Waals surface area contributed by atoms with Gasteiger partial charge in [-0.3, -0.25) is 9.59 Å². The van der Waals surface area contributed by atoms with E-state index in [-0.39, 0.29) is 17.8 Å². The predicted octanol–water partition coefficient (Wildman–Crippen LogP) is 1.05. The predicted molar refractivity (Wildman–Crippen MR) is 79.5 cm³/mol. The number of benzene rings is 1. The second-order valence-corrected chi connectivity index (χ2v) is 6.42. The molecule has 110 valence electrons. The monoisotopic (exact) mass is 305 g/mol. The Bertz CT molecular complexity index is 615. The van der Waals surface area contributed by atoms with Crippen molar-refractivity contribution in [3.63, 3.8) is 0 Å². The molecule has 2 saturated heterocycles. The van der Waals surface area contributed by atoms with Gasteiger partial charge in [0.1, 0.15) is 10.8 Å². The summed E-state index contributed by atoms with van der Waals surface area (Å²) >= 11 is 1.40. The molecule has 5 nitrogen and oxygen atoms in total. The molecular formula is C15H15NO4S. The highest BCUT2D eigenvalue weighted by Gasteiger charge is 2.54. The van der Waals surface area contributed by atoms with E-state index in [2.05, 4.69) is 0 Å². The first-order chi connectivity index (χ1) is 10.1. The van der Waals surface area contributed by atoms with E-state index in [1.807, 2.05) is 36.4 Å². The number of rotatable bonds is 3. The molecule has 1 aromatic carbocycles. The third-order valence-electron chi connectivity index (χ3n) is 3.93. The highest BCUT2D eigenvalue weighted by molar-refractivity contribution is 8.00. The molecule has 0 aliphatic carbocycles. The Labute approximate surface area is 126 Å². The lowest BCUT2D eigenvalue weighted by atomic mass is 9.88. The van der Waals surface area contributed by atoms with Crippen LogP contribution >= 0.6 is 11.8 Å². The van der Waals surface area contributed by atoms with E-state index in [1.165, 1.54) is 16.7 Å². The molecule has 0 spiro atoms. The van der Waals surface area contributed by atoms with Gasteiger partial charge in [-0.1, -0.05) is 30.3 Å². The lowest BCUT2D eigenvalue weighted by Gasteiger charge is -2.50. The van der Waals surface area contributed by atoms with Crippen molar-refractivity contribution in [2.75, 3.05) is 18.9 Å². The zero-order chi connectivity index (χ0) is 15.0. The average molecular weight is 305 g/mol. The van der Waals surface area contributed by atoms with Crippen molar-refractivity contribution in [3.8, 4) is 0 Å². The van der Waals surface area contributed by atoms with Crippen molar-refractivity contribution in [1.29, 1.82) is 0 Å². The first-order valence-electron chi connectivity index (χ1n) is 6.61. The molecule has 1 unspecified atom stereocenters. The van der Waals surface area contributed by atoms with Gasteiger partial charge in [-0.25, -0.2) is 0 Å². The van der Waals surface area contributed by atoms with E-state index in [0.29, 0.717) is 11.3 Å². The summed E-state index contributed by atoms with van der Waals surface area (Å²) in [7, 11) is 0. The maximum absolute atomic E-state index is 12.2. The summed E-state index contributed by atoms with van der Waals surface area (Å²) in [5.74, 6) is -0.890. The molecule has 1 aromatic rings. The minimum Gasteiger partial charge on any atom is -0.481 e. The number of aliphatic carboxylic acids is 1. The van der Waals surface area contributed by atoms with Gasteiger partial charge in [-0.05, 0) is 11.6 Å². The lowest BCUT2D eigenvalue weighted by Crippen LogP contribution is -2.63. The van der Waals surface area contributed by atoms with Crippen molar-refractivity contribution < 1.29 is 19.8 Å². The van der Waals surface area contributed by atoms with E-state index in [0.717, 1.165) is 5.56 Å².